The summed E-state index contributed by atoms with van der Waals surface area (Å²) in [5, 5.41) is 10.1. The molecule has 82 valence electrons. The number of aryl methyl sites for hydroxylation is 1. The van der Waals surface area contributed by atoms with E-state index in [0.29, 0.717) is 13.1 Å². The maximum absolute atomic E-state index is 10.8. The first-order valence-corrected chi connectivity index (χ1v) is 4.93. The second-order valence-electron chi connectivity index (χ2n) is 3.37. The van der Waals surface area contributed by atoms with Crippen LogP contribution in [0.5, 0.6) is 0 Å². The number of carboxylic acid groups (broad SMARTS) is 1. The second-order valence-corrected chi connectivity index (χ2v) is 3.37. The number of nitrogens with one attached hydrogen (secondary N) is 1. The van der Waals surface area contributed by atoms with Gasteiger partial charge in [0.05, 0.1) is 6.54 Å². The summed E-state index contributed by atoms with van der Waals surface area (Å²) in [6, 6.07) is 7.81. The summed E-state index contributed by atoms with van der Waals surface area (Å²) in [5.41, 5.74) is 4.93. The Morgan fingerprint density at radius 1 is 1.40 bits per heavy atom. The quantitative estimate of drug-likeness (QED) is 0.744. The summed E-state index contributed by atoms with van der Waals surface area (Å²) in [5.74, 6) is 0. The van der Waals surface area contributed by atoms with Crippen molar-refractivity contribution in [3.05, 3.63) is 35.4 Å². The third kappa shape index (κ3) is 3.59. The Bertz CT molecular complexity index is 322. The highest BCUT2D eigenvalue weighted by atomic mass is 16.4. The van der Waals surface area contributed by atoms with Crippen molar-refractivity contribution in [1.82, 2.24) is 10.4 Å². The van der Waals surface area contributed by atoms with Crippen LogP contribution in [0.15, 0.2) is 24.3 Å². The molecule has 0 fully saturated rings. The number of benzene rings is 1. The van der Waals surface area contributed by atoms with E-state index in [2.05, 4.69) is 5.43 Å². The van der Waals surface area contributed by atoms with E-state index in [1.54, 1.807) is 0 Å². The van der Waals surface area contributed by atoms with Crippen LogP contribution < -0.4 is 5.43 Å². The van der Waals surface area contributed by atoms with Gasteiger partial charge in [0.15, 0.2) is 0 Å². The molecule has 0 bridgehead atoms. The fourth-order valence-electron chi connectivity index (χ4n) is 1.26. The van der Waals surface area contributed by atoms with Crippen LogP contribution in [0.3, 0.4) is 0 Å². The van der Waals surface area contributed by atoms with Crippen LogP contribution in [0, 0.1) is 6.92 Å². The molecule has 0 aliphatic carbocycles. The molecule has 0 unspecified atom stereocenters. The van der Waals surface area contributed by atoms with Crippen molar-refractivity contribution in [2.24, 2.45) is 0 Å². The molecule has 0 atom stereocenters. The predicted molar refractivity (Wildman–Crippen MR) is 58.4 cm³/mol. The van der Waals surface area contributed by atoms with Gasteiger partial charge in [-0.05, 0) is 12.5 Å². The van der Waals surface area contributed by atoms with Crippen molar-refractivity contribution in [3.63, 3.8) is 0 Å². The van der Waals surface area contributed by atoms with E-state index in [4.69, 9.17) is 5.11 Å². The Labute approximate surface area is 89.5 Å². The van der Waals surface area contributed by atoms with Crippen LogP contribution in [0.2, 0.25) is 0 Å². The highest BCUT2D eigenvalue weighted by Crippen LogP contribution is 2.05. The van der Waals surface area contributed by atoms with Crippen molar-refractivity contribution < 1.29 is 9.90 Å². The van der Waals surface area contributed by atoms with Gasteiger partial charge in [0, 0.05) is 6.54 Å². The van der Waals surface area contributed by atoms with Gasteiger partial charge in [0.25, 0.3) is 0 Å². The molecular formula is C11H16N2O2. The normalized spacial score (nSPS) is 10.0. The molecule has 1 rings (SSSR count). The van der Waals surface area contributed by atoms with Gasteiger partial charge >= 0.3 is 6.09 Å². The first-order chi connectivity index (χ1) is 7.13. The van der Waals surface area contributed by atoms with E-state index >= 15 is 0 Å². The SMILES string of the molecule is CCNN(Cc1ccc(C)cc1)C(=O)O. The molecule has 4 nitrogen and oxygen atoms in total. The summed E-state index contributed by atoms with van der Waals surface area (Å²) >= 11 is 0. The minimum absolute atomic E-state index is 0.365. The predicted octanol–water partition coefficient (Wildman–Crippen LogP) is 2.00. The molecule has 15 heavy (non-hydrogen) atoms. The van der Waals surface area contributed by atoms with E-state index in [0.717, 1.165) is 5.56 Å². The zero-order chi connectivity index (χ0) is 11.3. The van der Waals surface area contributed by atoms with Gasteiger partial charge in [-0.1, -0.05) is 36.8 Å². The Balaban J connectivity index is 2.65. The molecule has 1 aromatic rings. The highest BCUT2D eigenvalue weighted by molar-refractivity contribution is 5.64. The third-order valence-corrected chi connectivity index (χ3v) is 2.04. The number of amides is 1. The van der Waals surface area contributed by atoms with Crippen molar-refractivity contribution in [2.45, 2.75) is 20.4 Å². The summed E-state index contributed by atoms with van der Waals surface area (Å²) in [4.78, 5) is 10.8. The summed E-state index contributed by atoms with van der Waals surface area (Å²) in [6.07, 6.45) is -0.961. The van der Waals surface area contributed by atoms with Crippen molar-refractivity contribution in [2.75, 3.05) is 6.54 Å². The van der Waals surface area contributed by atoms with Gasteiger partial charge in [-0.15, -0.1) is 0 Å². The highest BCUT2D eigenvalue weighted by Gasteiger charge is 2.10. The molecule has 0 spiro atoms. The van der Waals surface area contributed by atoms with Crippen molar-refractivity contribution in [1.29, 1.82) is 0 Å². The Morgan fingerprint density at radius 3 is 2.47 bits per heavy atom. The van der Waals surface area contributed by atoms with E-state index in [-0.39, 0.29) is 0 Å². The maximum Gasteiger partial charge on any atom is 0.422 e. The zero-order valence-corrected chi connectivity index (χ0v) is 9.03. The fraction of sp³-hybridized carbons (Fsp3) is 0.364. The van der Waals surface area contributed by atoms with E-state index < -0.39 is 6.09 Å². The average Bonchev–Trinajstić information content (AvgIpc) is 2.20. The largest absolute Gasteiger partial charge is 0.464 e. The van der Waals surface area contributed by atoms with E-state index in [1.165, 1.54) is 10.6 Å². The molecule has 0 heterocycles. The lowest BCUT2D eigenvalue weighted by molar-refractivity contribution is 0.117. The van der Waals surface area contributed by atoms with Gasteiger partial charge < -0.3 is 5.11 Å². The summed E-state index contributed by atoms with van der Waals surface area (Å²) < 4.78 is 0. The molecule has 2 N–H and O–H groups in total. The van der Waals surface area contributed by atoms with Crippen LogP contribution >= 0.6 is 0 Å². The zero-order valence-electron chi connectivity index (χ0n) is 9.03. The lowest BCUT2D eigenvalue weighted by Crippen LogP contribution is -2.41. The first kappa shape index (κ1) is 11.5. The number of rotatable bonds is 4. The summed E-state index contributed by atoms with van der Waals surface area (Å²) in [7, 11) is 0. The number of carbonyl (C=O) groups is 1. The first-order valence-electron chi connectivity index (χ1n) is 4.93. The number of hydrogen-bond acceptors (Lipinski definition) is 2. The molecule has 1 amide bonds. The van der Waals surface area contributed by atoms with Gasteiger partial charge in [-0.25, -0.2) is 15.2 Å². The van der Waals surface area contributed by atoms with Crippen LogP contribution in [-0.2, 0) is 6.54 Å². The van der Waals surface area contributed by atoms with E-state index in [9.17, 15) is 4.79 Å². The molecule has 4 heteroatoms. The topological polar surface area (TPSA) is 52.6 Å². The monoisotopic (exact) mass is 208 g/mol. The molecule has 1 aromatic carbocycles. The van der Waals surface area contributed by atoms with Gasteiger partial charge in [-0.3, -0.25) is 0 Å². The second kappa shape index (κ2) is 5.36. The molecule has 0 aromatic heterocycles. The average molecular weight is 208 g/mol. The number of hydrogen-bond donors (Lipinski definition) is 2. The number of nitrogens with zero attached hydrogens (tertiary/aromatic N) is 1. The fourth-order valence-corrected chi connectivity index (χ4v) is 1.26. The lowest BCUT2D eigenvalue weighted by Gasteiger charge is -2.19. The number of hydrazine groups is 1. The Morgan fingerprint density at radius 2 is 2.00 bits per heavy atom. The molecule has 0 saturated heterocycles. The maximum atomic E-state index is 10.8. The van der Waals surface area contributed by atoms with E-state index in [1.807, 2.05) is 38.1 Å². The third-order valence-electron chi connectivity index (χ3n) is 2.04. The standard InChI is InChI=1S/C11H16N2O2/c1-3-12-13(11(14)15)8-10-6-4-9(2)5-7-10/h4-7,12H,3,8H2,1-2H3,(H,14,15). The van der Waals surface area contributed by atoms with Crippen LogP contribution in [0.4, 0.5) is 4.79 Å². The van der Waals surface area contributed by atoms with Gasteiger partial charge in [0.2, 0.25) is 0 Å². The molecule has 0 saturated carbocycles. The minimum Gasteiger partial charge on any atom is -0.464 e. The van der Waals surface area contributed by atoms with Crippen molar-refractivity contribution >= 4 is 6.09 Å². The minimum atomic E-state index is -0.961. The van der Waals surface area contributed by atoms with Crippen LogP contribution in [-0.4, -0.2) is 22.8 Å². The van der Waals surface area contributed by atoms with Crippen LogP contribution in [0.1, 0.15) is 18.1 Å². The van der Waals surface area contributed by atoms with Crippen LogP contribution in [0.25, 0.3) is 0 Å². The summed E-state index contributed by atoms with van der Waals surface area (Å²) in [6.45, 7) is 4.83. The Kier molecular flexibility index (Phi) is 4.12. The smallest absolute Gasteiger partial charge is 0.422 e. The molecular weight excluding hydrogens is 192 g/mol. The Hall–Kier alpha value is -1.55. The van der Waals surface area contributed by atoms with Crippen molar-refractivity contribution in [3.8, 4) is 0 Å². The van der Waals surface area contributed by atoms with Gasteiger partial charge in [-0.2, -0.15) is 0 Å². The van der Waals surface area contributed by atoms with Gasteiger partial charge in [0.1, 0.15) is 0 Å². The molecule has 0 aliphatic rings. The molecule has 0 radical (unpaired) electrons. The molecule has 0 aliphatic heterocycles. The lowest BCUT2D eigenvalue weighted by atomic mass is 10.1.